The highest BCUT2D eigenvalue weighted by atomic mass is 16.2. The number of carbonyl (C=O) groups is 1. The Labute approximate surface area is 163 Å². The van der Waals surface area contributed by atoms with E-state index in [9.17, 15) is 4.79 Å². The van der Waals surface area contributed by atoms with Crippen LogP contribution in [0.25, 0.3) is 11.0 Å². The van der Waals surface area contributed by atoms with Crippen LogP contribution in [0.5, 0.6) is 0 Å². The molecule has 6 heteroatoms. The third kappa shape index (κ3) is 3.29. The van der Waals surface area contributed by atoms with E-state index < -0.39 is 0 Å². The maximum absolute atomic E-state index is 12.8. The van der Waals surface area contributed by atoms with Crippen LogP contribution >= 0.6 is 0 Å². The largest absolute Gasteiger partial charge is 0.346 e. The van der Waals surface area contributed by atoms with Crippen LogP contribution in [0, 0.1) is 13.8 Å². The number of fused-ring (bicyclic) bond motifs is 1. The van der Waals surface area contributed by atoms with Gasteiger partial charge in [-0.1, -0.05) is 30.3 Å². The van der Waals surface area contributed by atoms with E-state index in [-0.39, 0.29) is 12.1 Å². The summed E-state index contributed by atoms with van der Waals surface area (Å²) in [5.74, 6) is 0. The van der Waals surface area contributed by atoms with Crippen molar-refractivity contribution in [1.82, 2.24) is 25.1 Å². The average Bonchev–Trinajstić information content (AvgIpc) is 3.25. The second kappa shape index (κ2) is 7.31. The molecule has 0 bridgehead atoms. The monoisotopic (exact) mass is 373 g/mol. The number of amides is 1. The van der Waals surface area contributed by atoms with Crippen LogP contribution in [0.4, 0.5) is 4.79 Å². The molecule has 4 aromatic rings. The van der Waals surface area contributed by atoms with Gasteiger partial charge in [0.25, 0.3) is 0 Å². The molecule has 0 saturated carbocycles. The minimum Gasteiger partial charge on any atom is -0.346 e. The fourth-order valence-electron chi connectivity index (χ4n) is 3.55. The smallest absolute Gasteiger partial charge is 0.342 e. The lowest BCUT2D eigenvalue weighted by atomic mass is 10.0. The molecule has 142 valence electrons. The van der Waals surface area contributed by atoms with Crippen LogP contribution in [0.3, 0.4) is 0 Å². The first-order chi connectivity index (χ1) is 13.5. The summed E-state index contributed by atoms with van der Waals surface area (Å²) in [4.78, 5) is 20.3. The number of nitrogens with zero attached hydrogens (tertiary/aromatic N) is 3. The molecule has 1 atom stereocenters. The average molecular weight is 373 g/mol. The quantitative estimate of drug-likeness (QED) is 0.560. The number of pyridine rings is 1. The number of aromatic amines is 1. The molecule has 1 aromatic carbocycles. The van der Waals surface area contributed by atoms with Gasteiger partial charge in [-0.3, -0.25) is 0 Å². The Kier molecular flexibility index (Phi) is 4.69. The van der Waals surface area contributed by atoms with Gasteiger partial charge in [0.05, 0.1) is 11.7 Å². The van der Waals surface area contributed by atoms with Gasteiger partial charge in [-0.2, -0.15) is 9.78 Å². The molecule has 0 unspecified atom stereocenters. The lowest BCUT2D eigenvalue weighted by molar-refractivity contribution is 0.236. The molecule has 4 rings (SSSR count). The van der Waals surface area contributed by atoms with E-state index >= 15 is 0 Å². The van der Waals surface area contributed by atoms with E-state index in [0.717, 1.165) is 39.1 Å². The van der Waals surface area contributed by atoms with Gasteiger partial charge in [-0.15, -0.1) is 0 Å². The molecule has 0 aliphatic carbocycles. The Balaban J connectivity index is 1.58. The topological polar surface area (TPSA) is 75.6 Å². The molecule has 6 nitrogen and oxygen atoms in total. The summed E-state index contributed by atoms with van der Waals surface area (Å²) in [6.45, 7) is 5.85. The predicted octanol–water partition coefficient (Wildman–Crippen LogP) is 4.29. The molecule has 28 heavy (non-hydrogen) atoms. The Bertz CT molecular complexity index is 1130. The van der Waals surface area contributed by atoms with Crippen LogP contribution in [0.1, 0.15) is 41.0 Å². The third-order valence-corrected chi connectivity index (χ3v) is 5.18. The van der Waals surface area contributed by atoms with E-state index in [1.807, 2.05) is 63.4 Å². The zero-order chi connectivity index (χ0) is 19.7. The molecule has 3 aromatic heterocycles. The maximum atomic E-state index is 12.8. The number of hydrogen-bond acceptors (Lipinski definition) is 3. The Morgan fingerprint density at radius 1 is 1.18 bits per heavy atom. The highest BCUT2D eigenvalue weighted by molar-refractivity contribution is 5.80. The van der Waals surface area contributed by atoms with E-state index in [1.54, 1.807) is 6.20 Å². The zero-order valence-electron chi connectivity index (χ0n) is 16.2. The van der Waals surface area contributed by atoms with E-state index in [0.29, 0.717) is 6.42 Å². The highest BCUT2D eigenvalue weighted by Crippen LogP contribution is 2.23. The minimum atomic E-state index is -0.219. The van der Waals surface area contributed by atoms with Crippen LogP contribution in [0.2, 0.25) is 0 Å². The summed E-state index contributed by atoms with van der Waals surface area (Å²) in [5.41, 5.74) is 5.85. The molecule has 2 N–H and O–H groups in total. The van der Waals surface area contributed by atoms with Crippen molar-refractivity contribution < 1.29 is 4.79 Å². The summed E-state index contributed by atoms with van der Waals surface area (Å²) in [6, 6.07) is 13.6. The molecular formula is C22H23N5O. The molecule has 0 saturated heterocycles. The van der Waals surface area contributed by atoms with E-state index in [2.05, 4.69) is 26.4 Å². The molecule has 1 amide bonds. The molecule has 0 aliphatic heterocycles. The molecule has 3 heterocycles. The number of rotatable bonds is 4. The van der Waals surface area contributed by atoms with Crippen molar-refractivity contribution in [3.8, 4) is 0 Å². The Morgan fingerprint density at radius 3 is 2.75 bits per heavy atom. The summed E-state index contributed by atoms with van der Waals surface area (Å²) in [5, 5.41) is 8.62. The first-order valence-corrected chi connectivity index (χ1v) is 9.36. The molecule has 0 fully saturated rings. The third-order valence-electron chi connectivity index (χ3n) is 5.18. The number of nitrogens with one attached hydrogen (secondary N) is 2. The summed E-state index contributed by atoms with van der Waals surface area (Å²) < 4.78 is 1.47. The van der Waals surface area contributed by atoms with Crippen LogP contribution in [-0.4, -0.2) is 25.8 Å². The maximum Gasteiger partial charge on any atom is 0.342 e. The van der Waals surface area contributed by atoms with Crippen LogP contribution < -0.4 is 5.32 Å². The van der Waals surface area contributed by atoms with Gasteiger partial charge in [0.15, 0.2) is 0 Å². The van der Waals surface area contributed by atoms with Gasteiger partial charge in [-0.05, 0) is 44.0 Å². The second-order valence-corrected chi connectivity index (χ2v) is 7.03. The number of aryl methyl sites for hydroxylation is 1. The van der Waals surface area contributed by atoms with Crippen LogP contribution in [-0.2, 0) is 6.42 Å². The summed E-state index contributed by atoms with van der Waals surface area (Å²) >= 11 is 0. The van der Waals surface area contributed by atoms with Crippen molar-refractivity contribution in [3.05, 3.63) is 82.9 Å². The van der Waals surface area contributed by atoms with Crippen molar-refractivity contribution in [2.24, 2.45) is 0 Å². The van der Waals surface area contributed by atoms with Crippen molar-refractivity contribution >= 4 is 17.1 Å². The summed E-state index contributed by atoms with van der Waals surface area (Å²) in [6.07, 6.45) is 4.45. The second-order valence-electron chi connectivity index (χ2n) is 7.03. The normalized spacial score (nSPS) is 12.2. The zero-order valence-corrected chi connectivity index (χ0v) is 16.2. The van der Waals surface area contributed by atoms with Gasteiger partial charge in [0.2, 0.25) is 0 Å². The first kappa shape index (κ1) is 18.0. The fraction of sp³-hybridized carbons (Fsp3) is 0.227. The number of aromatic nitrogens is 4. The fourth-order valence-corrected chi connectivity index (χ4v) is 3.55. The van der Waals surface area contributed by atoms with Gasteiger partial charge in [0, 0.05) is 35.5 Å². The highest BCUT2D eigenvalue weighted by Gasteiger charge is 2.19. The van der Waals surface area contributed by atoms with Gasteiger partial charge < -0.3 is 10.3 Å². The van der Waals surface area contributed by atoms with Gasteiger partial charge >= 0.3 is 6.03 Å². The lowest BCUT2D eigenvalue weighted by Gasteiger charge is -2.14. The molecule has 0 aliphatic rings. The van der Waals surface area contributed by atoms with Gasteiger partial charge in [0.1, 0.15) is 5.65 Å². The van der Waals surface area contributed by atoms with Crippen molar-refractivity contribution in [2.45, 2.75) is 33.2 Å². The standard InChI is InChI=1S/C22H23N5O/c1-14(17-8-5-4-6-9-17)25-22(28)27-16(3)20(15(2)26-27)12-18-13-24-21-19(18)10-7-11-23-21/h4-11,13-14H,12H2,1-3H3,(H,23,24)(H,25,28)/t14-/m0/s1. The molecule has 0 spiro atoms. The Hall–Kier alpha value is -3.41. The predicted molar refractivity (Wildman–Crippen MR) is 109 cm³/mol. The number of carbonyl (C=O) groups excluding carboxylic acids is 1. The number of benzene rings is 1. The minimum absolute atomic E-state index is 0.0965. The number of hydrogen-bond donors (Lipinski definition) is 2. The van der Waals surface area contributed by atoms with Gasteiger partial charge in [-0.25, -0.2) is 9.78 Å². The molecular weight excluding hydrogens is 350 g/mol. The molecule has 0 radical (unpaired) electrons. The summed E-state index contributed by atoms with van der Waals surface area (Å²) in [7, 11) is 0. The van der Waals surface area contributed by atoms with Crippen molar-refractivity contribution in [2.75, 3.05) is 0 Å². The number of H-pyrrole nitrogens is 1. The van der Waals surface area contributed by atoms with Crippen molar-refractivity contribution in [1.29, 1.82) is 0 Å². The lowest BCUT2D eigenvalue weighted by Crippen LogP contribution is -2.32. The van der Waals surface area contributed by atoms with E-state index in [1.165, 1.54) is 4.68 Å². The van der Waals surface area contributed by atoms with E-state index in [4.69, 9.17) is 0 Å². The van der Waals surface area contributed by atoms with Crippen molar-refractivity contribution in [3.63, 3.8) is 0 Å². The van der Waals surface area contributed by atoms with Crippen LogP contribution in [0.15, 0.2) is 54.9 Å². The SMILES string of the molecule is Cc1nn(C(=O)N[C@@H](C)c2ccccc2)c(C)c1Cc1c[nH]c2ncccc12. The first-order valence-electron chi connectivity index (χ1n) is 9.36. The Morgan fingerprint density at radius 2 is 1.96 bits per heavy atom.